The molecule has 0 saturated carbocycles. The van der Waals surface area contributed by atoms with Crippen molar-refractivity contribution in [3.8, 4) is 0 Å². The van der Waals surface area contributed by atoms with E-state index in [0.29, 0.717) is 11.6 Å². The van der Waals surface area contributed by atoms with Crippen LogP contribution in [0.3, 0.4) is 0 Å². The number of halogens is 1. The Hall–Kier alpha value is -2.15. The van der Waals surface area contributed by atoms with Gasteiger partial charge in [-0.15, -0.1) is 0 Å². The van der Waals surface area contributed by atoms with Crippen molar-refractivity contribution < 1.29 is 37.8 Å². The van der Waals surface area contributed by atoms with E-state index in [9.17, 15) is 4.79 Å². The smallest absolute Gasteiger partial charge is 0.398 e. The fourth-order valence-corrected chi connectivity index (χ4v) is 2.56. The van der Waals surface area contributed by atoms with Crippen LogP contribution in [-0.4, -0.2) is 5.91 Å². The Morgan fingerprint density at radius 1 is 1.09 bits per heavy atom. The second-order valence-electron chi connectivity index (χ2n) is 5.07. The van der Waals surface area contributed by atoms with Crippen molar-refractivity contribution in [2.75, 3.05) is 4.90 Å². The maximum Gasteiger partial charge on any atom is 0.398 e. The zero-order valence-corrected chi connectivity index (χ0v) is 15.1. The van der Waals surface area contributed by atoms with Crippen LogP contribution >= 0.6 is 0 Å². The van der Waals surface area contributed by atoms with Gasteiger partial charge in [-0.25, -0.2) is 0 Å². The van der Waals surface area contributed by atoms with Crippen molar-refractivity contribution in [1.29, 1.82) is 0 Å². The molecule has 0 radical (unpaired) electrons. The van der Waals surface area contributed by atoms with E-state index in [0.717, 1.165) is 16.8 Å². The second kappa shape index (κ2) is 6.95. The Bertz CT molecular complexity index is 856. The largest absolute Gasteiger partial charge is 1.00 e. The molecule has 2 aromatic carbocycles. The number of carbonyl (C=O) groups excluding carboxylic acids is 1. The number of hydrogen-bond donors (Lipinski definition) is 0. The van der Waals surface area contributed by atoms with Gasteiger partial charge in [0.15, 0.2) is 5.70 Å². The summed E-state index contributed by atoms with van der Waals surface area (Å²) >= 11 is 0. The van der Waals surface area contributed by atoms with Gasteiger partial charge in [-0.1, -0.05) is 36.9 Å². The molecular weight excluding hydrogens is 403 g/mol. The van der Waals surface area contributed by atoms with Gasteiger partial charge >= 0.3 is 5.89 Å². The van der Waals surface area contributed by atoms with Crippen molar-refractivity contribution in [3.05, 3.63) is 67.1 Å². The van der Waals surface area contributed by atoms with Crippen LogP contribution < -0.4 is 33.4 Å². The van der Waals surface area contributed by atoms with E-state index in [1.807, 2.05) is 66.2 Å². The van der Waals surface area contributed by atoms with Crippen LogP contribution in [0.25, 0.3) is 16.8 Å². The molecular formula is C18H17IN2O2. The minimum atomic E-state index is -0.114. The monoisotopic (exact) mass is 420 g/mol. The van der Waals surface area contributed by atoms with Crippen molar-refractivity contribution in [3.63, 3.8) is 0 Å². The fraction of sp³-hybridized carbons (Fsp3) is 0.111. The molecule has 0 aliphatic heterocycles. The molecule has 3 rings (SSSR count). The molecule has 5 heteroatoms. The molecule has 0 aliphatic carbocycles. The Morgan fingerprint density at radius 2 is 1.70 bits per heavy atom. The molecule has 118 valence electrons. The molecule has 4 nitrogen and oxygen atoms in total. The minimum absolute atomic E-state index is 0. The first-order chi connectivity index (χ1) is 10.6. The Kier molecular flexibility index (Phi) is 5.20. The number of benzene rings is 2. The normalized spacial score (nSPS) is 10.2. The molecule has 23 heavy (non-hydrogen) atoms. The van der Waals surface area contributed by atoms with Gasteiger partial charge in [-0.3, -0.25) is 9.69 Å². The van der Waals surface area contributed by atoms with Gasteiger partial charge in [-0.05, 0) is 18.2 Å². The molecule has 0 spiro atoms. The zero-order valence-electron chi connectivity index (χ0n) is 13.0. The molecule has 0 aliphatic rings. The average Bonchev–Trinajstić information content (AvgIpc) is 2.86. The van der Waals surface area contributed by atoms with Gasteiger partial charge < -0.3 is 28.4 Å². The van der Waals surface area contributed by atoms with Crippen LogP contribution in [-0.2, 0) is 11.8 Å². The van der Waals surface area contributed by atoms with E-state index in [1.54, 1.807) is 4.90 Å². The fourth-order valence-electron chi connectivity index (χ4n) is 2.56. The number of rotatable bonds is 3. The van der Waals surface area contributed by atoms with E-state index in [1.165, 1.54) is 6.92 Å². The number of para-hydroxylation sites is 3. The van der Waals surface area contributed by atoms with E-state index >= 15 is 0 Å². The maximum absolute atomic E-state index is 12.1. The summed E-state index contributed by atoms with van der Waals surface area (Å²) in [5.41, 5.74) is 2.99. The quantitative estimate of drug-likeness (QED) is 0.451. The van der Waals surface area contributed by atoms with Gasteiger partial charge in [0, 0.05) is 18.7 Å². The van der Waals surface area contributed by atoms with Crippen molar-refractivity contribution in [1.82, 2.24) is 0 Å². The third-order valence-corrected chi connectivity index (χ3v) is 3.58. The van der Waals surface area contributed by atoms with Crippen LogP contribution in [0.4, 0.5) is 5.69 Å². The summed E-state index contributed by atoms with van der Waals surface area (Å²) in [5.74, 6) is 0.442. The highest BCUT2D eigenvalue weighted by Crippen LogP contribution is 2.25. The molecule has 3 aromatic rings. The van der Waals surface area contributed by atoms with Gasteiger partial charge in [0.2, 0.25) is 11.5 Å². The maximum atomic E-state index is 12.1. The molecule has 0 saturated heterocycles. The van der Waals surface area contributed by atoms with Crippen molar-refractivity contribution in [2.24, 2.45) is 7.05 Å². The zero-order chi connectivity index (χ0) is 15.7. The topological polar surface area (TPSA) is 37.3 Å². The molecule has 1 heterocycles. The number of oxazole rings is 1. The molecule has 1 aromatic heterocycles. The van der Waals surface area contributed by atoms with E-state index in [-0.39, 0.29) is 29.9 Å². The van der Waals surface area contributed by atoms with Crippen LogP contribution in [0, 0.1) is 0 Å². The molecule has 0 atom stereocenters. The van der Waals surface area contributed by atoms with E-state index in [2.05, 4.69) is 6.58 Å². The van der Waals surface area contributed by atoms with Gasteiger partial charge in [0.25, 0.3) is 5.52 Å². The highest BCUT2D eigenvalue weighted by atomic mass is 127. The van der Waals surface area contributed by atoms with Gasteiger partial charge in [0.1, 0.15) is 7.05 Å². The number of nitrogens with zero attached hydrogens (tertiary/aromatic N) is 2. The number of amides is 1. The van der Waals surface area contributed by atoms with Crippen LogP contribution in [0.5, 0.6) is 0 Å². The number of aryl methyl sites for hydroxylation is 1. The predicted octanol–water partition coefficient (Wildman–Crippen LogP) is 0.285. The van der Waals surface area contributed by atoms with E-state index < -0.39 is 0 Å². The summed E-state index contributed by atoms with van der Waals surface area (Å²) in [6.45, 7) is 5.58. The van der Waals surface area contributed by atoms with Crippen LogP contribution in [0.15, 0.2) is 65.6 Å². The average molecular weight is 420 g/mol. The number of carbonyl (C=O) groups is 1. The Morgan fingerprint density at radius 3 is 2.30 bits per heavy atom. The highest BCUT2D eigenvalue weighted by molar-refractivity contribution is 6.03. The number of anilines is 1. The molecule has 0 fully saturated rings. The third kappa shape index (κ3) is 3.14. The summed E-state index contributed by atoms with van der Waals surface area (Å²) < 4.78 is 7.78. The molecule has 0 bridgehead atoms. The Balaban J connectivity index is 0.00000192. The summed E-state index contributed by atoms with van der Waals surface area (Å²) in [4.78, 5) is 13.7. The summed E-state index contributed by atoms with van der Waals surface area (Å²) in [5, 5.41) is 0. The van der Waals surface area contributed by atoms with Gasteiger partial charge in [0.05, 0.1) is 0 Å². The lowest BCUT2D eigenvalue weighted by Crippen LogP contribution is -3.00. The summed E-state index contributed by atoms with van der Waals surface area (Å²) in [6, 6.07) is 17.1. The second-order valence-corrected chi connectivity index (χ2v) is 5.07. The number of aromatic nitrogens is 1. The summed E-state index contributed by atoms with van der Waals surface area (Å²) in [6.07, 6.45) is 0. The van der Waals surface area contributed by atoms with E-state index in [4.69, 9.17) is 4.42 Å². The minimum Gasteiger partial charge on any atom is -1.00 e. The lowest BCUT2D eigenvalue weighted by atomic mass is 10.2. The van der Waals surface area contributed by atoms with Crippen molar-refractivity contribution >= 4 is 28.4 Å². The first-order valence-electron chi connectivity index (χ1n) is 7.02. The summed E-state index contributed by atoms with van der Waals surface area (Å²) in [7, 11) is 1.90. The Labute approximate surface area is 152 Å². The van der Waals surface area contributed by atoms with Crippen LogP contribution in [0.2, 0.25) is 0 Å². The third-order valence-electron chi connectivity index (χ3n) is 3.58. The van der Waals surface area contributed by atoms with Crippen molar-refractivity contribution in [2.45, 2.75) is 6.92 Å². The molecule has 0 unspecified atom stereocenters. The SMILES string of the molecule is C=C(c1oc2ccccc2[n+]1C)N(C(C)=O)c1ccccc1.[I-]. The van der Waals surface area contributed by atoms with Gasteiger partial charge in [-0.2, -0.15) is 4.57 Å². The predicted molar refractivity (Wildman–Crippen MR) is 86.0 cm³/mol. The first kappa shape index (κ1) is 17.2. The standard InChI is InChI=1S/C18H17N2O2.HI/c1-13(20(14(2)21)15-9-5-4-6-10-15)18-19(3)16-11-7-8-12-17(16)22-18;/h4-12H,1H2,2-3H3;1H/q+1;/p-1. The number of fused-ring (bicyclic) bond motifs is 1. The first-order valence-corrected chi connectivity index (χ1v) is 7.02. The number of hydrogen-bond acceptors (Lipinski definition) is 2. The van der Waals surface area contributed by atoms with Crippen LogP contribution in [0.1, 0.15) is 12.8 Å². The highest BCUT2D eigenvalue weighted by Gasteiger charge is 2.28. The lowest BCUT2D eigenvalue weighted by Gasteiger charge is -2.19. The lowest BCUT2D eigenvalue weighted by molar-refractivity contribution is -0.652. The molecule has 0 N–H and O–H groups in total. The molecule has 1 amide bonds.